The van der Waals surface area contributed by atoms with Crippen molar-refractivity contribution in [2.45, 2.75) is 6.61 Å². The number of aromatic amines is 1. The lowest BCUT2D eigenvalue weighted by molar-refractivity contribution is 0.181. The third-order valence-electron chi connectivity index (χ3n) is 2.18. The summed E-state index contributed by atoms with van der Waals surface area (Å²) in [6, 6.07) is 7.24. The Bertz CT molecular complexity index is 581. The van der Waals surface area contributed by atoms with Crippen molar-refractivity contribution < 1.29 is 9.13 Å². The van der Waals surface area contributed by atoms with E-state index < -0.39 is 0 Å². The first-order valence-corrected chi connectivity index (χ1v) is 5.04. The molecule has 0 aliphatic heterocycles. The third-order valence-corrected chi connectivity index (χ3v) is 2.18. The summed E-state index contributed by atoms with van der Waals surface area (Å²) >= 11 is 0. The summed E-state index contributed by atoms with van der Waals surface area (Å²) < 4.78 is 18.0. The fraction of sp³-hybridized carbons (Fsp3) is 0.167. The Morgan fingerprint density at radius 1 is 1.41 bits per heavy atom. The Kier molecular flexibility index (Phi) is 3.30. The van der Waals surface area contributed by atoms with E-state index in [9.17, 15) is 9.18 Å². The fourth-order valence-corrected chi connectivity index (χ4v) is 1.50. The highest BCUT2D eigenvalue weighted by molar-refractivity contribution is 5.54. The Morgan fingerprint density at radius 2 is 2.24 bits per heavy atom. The molecule has 1 heterocycles. The van der Waals surface area contributed by atoms with Crippen molar-refractivity contribution in [3.05, 3.63) is 52.2 Å². The molecule has 0 aliphatic carbocycles. The zero-order chi connectivity index (χ0) is 12.3. The SMILES string of the molecule is COCc1cc(=O)[nH]c(-c2cccc(F)c2)n1. The van der Waals surface area contributed by atoms with E-state index in [0.29, 0.717) is 17.1 Å². The zero-order valence-corrected chi connectivity index (χ0v) is 9.24. The van der Waals surface area contributed by atoms with Crippen molar-refractivity contribution in [1.29, 1.82) is 0 Å². The van der Waals surface area contributed by atoms with Gasteiger partial charge in [-0.15, -0.1) is 0 Å². The van der Waals surface area contributed by atoms with Crippen LogP contribution < -0.4 is 5.56 Å². The molecule has 0 spiro atoms. The molecular weight excluding hydrogens is 223 g/mol. The third kappa shape index (κ3) is 2.76. The van der Waals surface area contributed by atoms with Gasteiger partial charge in [0.05, 0.1) is 12.3 Å². The van der Waals surface area contributed by atoms with Crippen LogP contribution in [-0.4, -0.2) is 17.1 Å². The van der Waals surface area contributed by atoms with Crippen LogP contribution in [0, 0.1) is 5.82 Å². The van der Waals surface area contributed by atoms with Gasteiger partial charge in [0.25, 0.3) is 5.56 Å². The quantitative estimate of drug-likeness (QED) is 0.879. The van der Waals surface area contributed by atoms with Gasteiger partial charge in [-0.05, 0) is 12.1 Å². The van der Waals surface area contributed by atoms with Gasteiger partial charge in [0.1, 0.15) is 11.6 Å². The maximum Gasteiger partial charge on any atom is 0.251 e. The molecule has 2 aromatic rings. The molecular formula is C12H11FN2O2. The van der Waals surface area contributed by atoms with Crippen LogP contribution in [0.1, 0.15) is 5.69 Å². The summed E-state index contributed by atoms with van der Waals surface area (Å²) in [4.78, 5) is 18.1. The molecule has 1 aromatic carbocycles. The van der Waals surface area contributed by atoms with Crippen LogP contribution in [0.5, 0.6) is 0 Å². The van der Waals surface area contributed by atoms with Crippen LogP contribution >= 0.6 is 0 Å². The summed E-state index contributed by atoms with van der Waals surface area (Å²) in [5.74, 6) is -0.0358. The van der Waals surface area contributed by atoms with E-state index in [1.165, 1.54) is 25.3 Å². The second-order valence-electron chi connectivity index (χ2n) is 3.53. The maximum atomic E-state index is 13.1. The summed E-state index contributed by atoms with van der Waals surface area (Å²) in [6.07, 6.45) is 0. The molecule has 0 saturated carbocycles. The molecule has 0 atom stereocenters. The maximum absolute atomic E-state index is 13.1. The topological polar surface area (TPSA) is 55.0 Å². The van der Waals surface area contributed by atoms with Gasteiger partial charge in [-0.2, -0.15) is 0 Å². The summed E-state index contributed by atoms with van der Waals surface area (Å²) in [7, 11) is 1.52. The standard InChI is InChI=1S/C12H11FN2O2/c1-17-7-10-6-11(16)15-12(14-10)8-3-2-4-9(13)5-8/h2-6H,7H2,1H3,(H,14,15,16). The molecule has 2 rings (SSSR count). The van der Waals surface area contributed by atoms with Gasteiger partial charge in [0.2, 0.25) is 0 Å². The van der Waals surface area contributed by atoms with Gasteiger partial charge in [-0.3, -0.25) is 4.79 Å². The van der Waals surface area contributed by atoms with Crippen molar-refractivity contribution >= 4 is 0 Å². The number of halogens is 1. The van der Waals surface area contributed by atoms with Crippen LogP contribution in [0.15, 0.2) is 35.1 Å². The molecule has 0 aliphatic rings. The first-order chi connectivity index (χ1) is 8.19. The summed E-state index contributed by atoms with van der Waals surface area (Å²) in [6.45, 7) is 0.242. The number of nitrogens with zero attached hydrogens (tertiary/aromatic N) is 1. The minimum absolute atomic E-state index is 0.242. The second-order valence-corrected chi connectivity index (χ2v) is 3.53. The lowest BCUT2D eigenvalue weighted by Gasteiger charge is -2.03. The van der Waals surface area contributed by atoms with Gasteiger partial charge < -0.3 is 9.72 Å². The molecule has 1 N–H and O–H groups in total. The second kappa shape index (κ2) is 4.88. The number of ether oxygens (including phenoxy) is 1. The number of rotatable bonds is 3. The average molecular weight is 234 g/mol. The highest BCUT2D eigenvalue weighted by Crippen LogP contribution is 2.14. The monoisotopic (exact) mass is 234 g/mol. The first kappa shape index (κ1) is 11.5. The van der Waals surface area contributed by atoms with Crippen molar-refractivity contribution in [3.63, 3.8) is 0 Å². The van der Waals surface area contributed by atoms with Crippen LogP contribution in [-0.2, 0) is 11.3 Å². The average Bonchev–Trinajstić information content (AvgIpc) is 2.28. The largest absolute Gasteiger partial charge is 0.378 e. The van der Waals surface area contributed by atoms with Crippen LogP contribution in [0.25, 0.3) is 11.4 Å². The highest BCUT2D eigenvalue weighted by Gasteiger charge is 2.04. The molecule has 0 amide bonds. The molecule has 0 saturated heterocycles. The van der Waals surface area contributed by atoms with E-state index in [-0.39, 0.29) is 18.0 Å². The van der Waals surface area contributed by atoms with Crippen LogP contribution in [0.2, 0.25) is 0 Å². The molecule has 1 aromatic heterocycles. The molecule has 4 nitrogen and oxygen atoms in total. The highest BCUT2D eigenvalue weighted by atomic mass is 19.1. The van der Waals surface area contributed by atoms with E-state index in [0.717, 1.165) is 0 Å². The summed E-state index contributed by atoms with van der Waals surface area (Å²) in [5.41, 5.74) is 0.752. The number of methoxy groups -OCH3 is 1. The predicted molar refractivity (Wildman–Crippen MR) is 61.0 cm³/mol. The van der Waals surface area contributed by atoms with E-state index in [4.69, 9.17) is 4.74 Å². The molecule has 5 heteroatoms. The smallest absolute Gasteiger partial charge is 0.251 e. The fourth-order valence-electron chi connectivity index (χ4n) is 1.50. The summed E-state index contributed by atoms with van der Waals surface area (Å²) in [5, 5.41) is 0. The minimum Gasteiger partial charge on any atom is -0.378 e. The molecule has 0 bridgehead atoms. The first-order valence-electron chi connectivity index (χ1n) is 5.04. The Hall–Kier alpha value is -2.01. The molecule has 88 valence electrons. The number of nitrogens with one attached hydrogen (secondary N) is 1. The van der Waals surface area contributed by atoms with Gasteiger partial charge in [0, 0.05) is 18.7 Å². The minimum atomic E-state index is -0.373. The van der Waals surface area contributed by atoms with Crippen molar-refractivity contribution in [2.24, 2.45) is 0 Å². The van der Waals surface area contributed by atoms with Crippen molar-refractivity contribution in [1.82, 2.24) is 9.97 Å². The van der Waals surface area contributed by atoms with Gasteiger partial charge in [0.15, 0.2) is 0 Å². The van der Waals surface area contributed by atoms with Gasteiger partial charge in [-0.1, -0.05) is 12.1 Å². The van der Waals surface area contributed by atoms with E-state index in [2.05, 4.69) is 9.97 Å². The molecule has 17 heavy (non-hydrogen) atoms. The number of H-pyrrole nitrogens is 1. The Morgan fingerprint density at radius 3 is 2.94 bits per heavy atom. The Labute approximate surface area is 97.1 Å². The normalized spacial score (nSPS) is 10.5. The molecule has 0 unspecified atom stereocenters. The van der Waals surface area contributed by atoms with Crippen molar-refractivity contribution in [3.8, 4) is 11.4 Å². The number of benzene rings is 1. The van der Waals surface area contributed by atoms with Gasteiger partial charge in [-0.25, -0.2) is 9.37 Å². The number of hydrogen-bond donors (Lipinski definition) is 1. The van der Waals surface area contributed by atoms with Crippen molar-refractivity contribution in [2.75, 3.05) is 7.11 Å². The molecule has 0 radical (unpaired) electrons. The lowest BCUT2D eigenvalue weighted by Crippen LogP contribution is -2.10. The van der Waals surface area contributed by atoms with Crippen LogP contribution in [0.3, 0.4) is 0 Å². The Balaban J connectivity index is 2.48. The van der Waals surface area contributed by atoms with Crippen LogP contribution in [0.4, 0.5) is 4.39 Å². The predicted octanol–water partition coefficient (Wildman–Crippen LogP) is 1.72. The van der Waals surface area contributed by atoms with E-state index in [1.807, 2.05) is 0 Å². The number of aromatic nitrogens is 2. The van der Waals surface area contributed by atoms with E-state index in [1.54, 1.807) is 12.1 Å². The number of hydrogen-bond acceptors (Lipinski definition) is 3. The lowest BCUT2D eigenvalue weighted by atomic mass is 10.2. The van der Waals surface area contributed by atoms with E-state index >= 15 is 0 Å². The molecule has 0 fully saturated rings. The van der Waals surface area contributed by atoms with Gasteiger partial charge >= 0.3 is 0 Å². The zero-order valence-electron chi connectivity index (χ0n) is 9.24.